The number of carbonyl (C=O) groups excluding carboxylic acids is 1. The number of nitrogens with one attached hydrogen (secondary N) is 1. The number of anilines is 1. The Bertz CT molecular complexity index is 641. The quantitative estimate of drug-likeness (QED) is 0.873. The molecule has 1 aromatic rings. The molecule has 0 heterocycles. The van der Waals surface area contributed by atoms with Crippen LogP contribution < -0.4 is 9.62 Å². The standard InChI is InChI=1S/C16H26N2O3S/c1-7-13(4)17-16(19)14(5)18(22(6,20)21)15-9-8-11(2)12(3)10-15/h8-10,13-14H,7H2,1-6H3,(H,17,19)/t13-,14+/m0/s1. The first-order chi connectivity index (χ1) is 10.1. The molecule has 0 radical (unpaired) electrons. The van der Waals surface area contributed by atoms with Crippen LogP contribution in [0.15, 0.2) is 18.2 Å². The number of rotatable bonds is 6. The molecule has 0 aromatic heterocycles. The summed E-state index contributed by atoms with van der Waals surface area (Å²) in [7, 11) is -3.56. The molecule has 2 atom stereocenters. The minimum atomic E-state index is -3.56. The van der Waals surface area contributed by atoms with Crippen molar-refractivity contribution in [3.63, 3.8) is 0 Å². The number of hydrogen-bond donors (Lipinski definition) is 1. The first-order valence-electron chi connectivity index (χ1n) is 7.45. The number of benzene rings is 1. The third-order valence-corrected chi connectivity index (χ3v) is 5.08. The average molecular weight is 326 g/mol. The Labute approximate surface area is 133 Å². The van der Waals surface area contributed by atoms with Crippen molar-refractivity contribution in [3.8, 4) is 0 Å². The van der Waals surface area contributed by atoms with E-state index >= 15 is 0 Å². The molecular formula is C16H26N2O3S. The summed E-state index contributed by atoms with van der Waals surface area (Å²) in [5.74, 6) is -0.294. The van der Waals surface area contributed by atoms with Crippen LogP contribution in [0.4, 0.5) is 5.69 Å². The van der Waals surface area contributed by atoms with Crippen LogP contribution in [0.1, 0.15) is 38.3 Å². The summed E-state index contributed by atoms with van der Waals surface area (Å²) in [5.41, 5.74) is 2.58. The van der Waals surface area contributed by atoms with Crippen LogP contribution in [0.5, 0.6) is 0 Å². The molecule has 6 heteroatoms. The molecule has 1 rings (SSSR count). The van der Waals surface area contributed by atoms with Gasteiger partial charge < -0.3 is 5.32 Å². The van der Waals surface area contributed by atoms with Gasteiger partial charge in [-0.05, 0) is 57.4 Å². The fourth-order valence-corrected chi connectivity index (χ4v) is 3.30. The monoisotopic (exact) mass is 326 g/mol. The molecule has 0 fully saturated rings. The summed E-state index contributed by atoms with van der Waals surface area (Å²) in [6, 6.07) is 4.60. The highest BCUT2D eigenvalue weighted by atomic mass is 32.2. The first kappa shape index (κ1) is 18.5. The summed E-state index contributed by atoms with van der Waals surface area (Å²) in [6.45, 7) is 9.35. The zero-order valence-corrected chi connectivity index (χ0v) is 15.0. The largest absolute Gasteiger partial charge is 0.352 e. The van der Waals surface area contributed by atoms with E-state index in [1.807, 2.05) is 33.8 Å². The summed E-state index contributed by atoms with van der Waals surface area (Å²) in [5, 5.41) is 2.83. The Morgan fingerprint density at radius 3 is 2.27 bits per heavy atom. The van der Waals surface area contributed by atoms with Crippen molar-refractivity contribution in [1.82, 2.24) is 5.32 Å². The maximum Gasteiger partial charge on any atom is 0.243 e. The molecule has 0 saturated carbocycles. The zero-order chi connectivity index (χ0) is 17.1. The molecule has 0 bridgehead atoms. The first-order valence-corrected chi connectivity index (χ1v) is 9.29. The summed E-state index contributed by atoms with van der Waals surface area (Å²) in [4.78, 5) is 12.3. The summed E-state index contributed by atoms with van der Waals surface area (Å²) in [6.07, 6.45) is 1.91. The molecular weight excluding hydrogens is 300 g/mol. The van der Waals surface area contributed by atoms with Crippen LogP contribution in [0.2, 0.25) is 0 Å². The predicted molar refractivity (Wildman–Crippen MR) is 90.6 cm³/mol. The molecule has 0 saturated heterocycles. The smallest absolute Gasteiger partial charge is 0.243 e. The molecule has 5 nitrogen and oxygen atoms in total. The lowest BCUT2D eigenvalue weighted by atomic mass is 10.1. The molecule has 1 N–H and O–H groups in total. The minimum Gasteiger partial charge on any atom is -0.352 e. The van der Waals surface area contributed by atoms with Gasteiger partial charge in [-0.15, -0.1) is 0 Å². The van der Waals surface area contributed by atoms with Gasteiger partial charge in [-0.2, -0.15) is 0 Å². The highest BCUT2D eigenvalue weighted by molar-refractivity contribution is 7.92. The van der Waals surface area contributed by atoms with E-state index in [9.17, 15) is 13.2 Å². The zero-order valence-electron chi connectivity index (χ0n) is 14.2. The topological polar surface area (TPSA) is 66.5 Å². The van der Waals surface area contributed by atoms with E-state index in [0.717, 1.165) is 23.8 Å². The molecule has 0 aliphatic rings. The van der Waals surface area contributed by atoms with Gasteiger partial charge in [0.15, 0.2) is 0 Å². The van der Waals surface area contributed by atoms with Crippen molar-refractivity contribution in [1.29, 1.82) is 0 Å². The van der Waals surface area contributed by atoms with Crippen LogP contribution in [-0.2, 0) is 14.8 Å². The summed E-state index contributed by atoms with van der Waals surface area (Å²) < 4.78 is 25.5. The minimum absolute atomic E-state index is 0.0103. The molecule has 124 valence electrons. The van der Waals surface area contributed by atoms with Gasteiger partial charge in [0, 0.05) is 6.04 Å². The number of sulfonamides is 1. The van der Waals surface area contributed by atoms with E-state index < -0.39 is 16.1 Å². The SMILES string of the molecule is CC[C@H](C)NC(=O)[C@@H](C)N(c1ccc(C)c(C)c1)S(C)(=O)=O. The van der Waals surface area contributed by atoms with Gasteiger partial charge in [0.2, 0.25) is 15.9 Å². The molecule has 1 amide bonds. The fourth-order valence-electron chi connectivity index (χ4n) is 2.14. The molecule has 0 aliphatic carbocycles. The lowest BCUT2D eigenvalue weighted by Crippen LogP contribution is -2.49. The third-order valence-electron chi connectivity index (χ3n) is 3.83. The molecule has 0 aliphatic heterocycles. The maximum atomic E-state index is 12.3. The van der Waals surface area contributed by atoms with Gasteiger partial charge in [0.05, 0.1) is 11.9 Å². The van der Waals surface area contributed by atoms with Crippen LogP contribution in [0, 0.1) is 13.8 Å². The van der Waals surface area contributed by atoms with Crippen molar-refractivity contribution in [2.24, 2.45) is 0 Å². The molecule has 0 unspecified atom stereocenters. The van der Waals surface area contributed by atoms with E-state index in [2.05, 4.69) is 5.32 Å². The van der Waals surface area contributed by atoms with Gasteiger partial charge >= 0.3 is 0 Å². The predicted octanol–water partition coefficient (Wildman–Crippen LogP) is 2.37. The number of nitrogens with zero attached hydrogens (tertiary/aromatic N) is 1. The summed E-state index contributed by atoms with van der Waals surface area (Å²) >= 11 is 0. The van der Waals surface area contributed by atoms with Gasteiger partial charge in [0.25, 0.3) is 0 Å². The van der Waals surface area contributed by atoms with E-state index in [1.165, 1.54) is 4.31 Å². The van der Waals surface area contributed by atoms with Gasteiger partial charge in [-0.3, -0.25) is 9.10 Å². The second-order valence-electron chi connectivity index (χ2n) is 5.82. The van der Waals surface area contributed by atoms with Gasteiger partial charge in [-0.25, -0.2) is 8.42 Å². The van der Waals surface area contributed by atoms with Crippen LogP contribution in [0.25, 0.3) is 0 Å². The number of aryl methyl sites for hydroxylation is 2. The van der Waals surface area contributed by atoms with Crippen LogP contribution in [-0.4, -0.2) is 32.7 Å². The van der Waals surface area contributed by atoms with E-state index in [4.69, 9.17) is 0 Å². The number of carbonyl (C=O) groups is 1. The van der Waals surface area contributed by atoms with Crippen molar-refractivity contribution in [2.45, 2.75) is 53.1 Å². The normalized spacial score (nSPS) is 14.3. The second-order valence-corrected chi connectivity index (χ2v) is 7.68. The Hall–Kier alpha value is -1.56. The highest BCUT2D eigenvalue weighted by Gasteiger charge is 2.29. The molecule has 1 aromatic carbocycles. The lowest BCUT2D eigenvalue weighted by molar-refractivity contribution is -0.122. The average Bonchev–Trinajstić information content (AvgIpc) is 2.41. The van der Waals surface area contributed by atoms with E-state index in [-0.39, 0.29) is 11.9 Å². The Kier molecular flexibility index (Phi) is 6.00. The Balaban J connectivity index is 3.19. The number of hydrogen-bond acceptors (Lipinski definition) is 3. The fraction of sp³-hybridized carbons (Fsp3) is 0.562. The maximum absolute atomic E-state index is 12.3. The Morgan fingerprint density at radius 2 is 1.82 bits per heavy atom. The Morgan fingerprint density at radius 1 is 1.23 bits per heavy atom. The van der Waals surface area contributed by atoms with Crippen molar-refractivity contribution >= 4 is 21.6 Å². The third kappa shape index (κ3) is 4.47. The lowest BCUT2D eigenvalue weighted by Gasteiger charge is -2.29. The van der Waals surface area contributed by atoms with Crippen molar-refractivity contribution < 1.29 is 13.2 Å². The molecule has 22 heavy (non-hydrogen) atoms. The van der Waals surface area contributed by atoms with E-state index in [0.29, 0.717) is 5.69 Å². The van der Waals surface area contributed by atoms with Crippen molar-refractivity contribution in [3.05, 3.63) is 29.3 Å². The second kappa shape index (κ2) is 7.13. The van der Waals surface area contributed by atoms with Crippen molar-refractivity contribution in [2.75, 3.05) is 10.6 Å². The highest BCUT2D eigenvalue weighted by Crippen LogP contribution is 2.23. The van der Waals surface area contributed by atoms with Crippen LogP contribution in [0.3, 0.4) is 0 Å². The molecule has 0 spiro atoms. The van der Waals surface area contributed by atoms with Crippen LogP contribution >= 0.6 is 0 Å². The van der Waals surface area contributed by atoms with Gasteiger partial charge in [0.1, 0.15) is 6.04 Å². The van der Waals surface area contributed by atoms with Gasteiger partial charge in [-0.1, -0.05) is 13.0 Å². The number of amides is 1. The van der Waals surface area contributed by atoms with E-state index in [1.54, 1.807) is 19.1 Å².